The van der Waals surface area contributed by atoms with Gasteiger partial charge in [-0.15, -0.1) is 0 Å². The van der Waals surface area contributed by atoms with Gasteiger partial charge in [-0.2, -0.15) is 0 Å². The Kier molecular flexibility index (Phi) is 4.52. The molecule has 2 atom stereocenters. The number of hydrogen-bond donors (Lipinski definition) is 1. The average molecular weight is 353 g/mol. The number of fused-ring (bicyclic) bond motifs is 1. The molecule has 1 saturated heterocycles. The van der Waals surface area contributed by atoms with Crippen LogP contribution in [0.15, 0.2) is 18.2 Å². The summed E-state index contributed by atoms with van der Waals surface area (Å²) in [5.74, 6) is 3.36. The number of carbonyl (C=O) groups is 1. The highest BCUT2D eigenvalue weighted by molar-refractivity contribution is 5.97. The van der Waals surface area contributed by atoms with Crippen molar-refractivity contribution in [3.8, 4) is 0 Å². The van der Waals surface area contributed by atoms with E-state index in [2.05, 4.69) is 28.4 Å². The van der Waals surface area contributed by atoms with Gasteiger partial charge in [0.25, 0.3) is 0 Å². The van der Waals surface area contributed by atoms with Crippen LogP contribution in [0.1, 0.15) is 68.4 Å². The molecule has 1 aromatic carbocycles. The van der Waals surface area contributed by atoms with Crippen molar-refractivity contribution in [2.75, 3.05) is 24.5 Å². The molecule has 140 valence electrons. The molecule has 5 rings (SSSR count). The van der Waals surface area contributed by atoms with Gasteiger partial charge in [0.2, 0.25) is 5.91 Å². The lowest BCUT2D eigenvalue weighted by atomic mass is 9.84. The SMILES string of the molecule is O=C(C1CCC1)N1CCc2cc(C3CC3CCC3CCNCC3)ccc21. The van der Waals surface area contributed by atoms with E-state index < -0.39 is 0 Å². The lowest BCUT2D eigenvalue weighted by Crippen LogP contribution is -2.37. The molecule has 4 aliphatic rings. The zero-order valence-corrected chi connectivity index (χ0v) is 15.9. The number of nitrogens with one attached hydrogen (secondary N) is 1. The number of nitrogens with zero attached hydrogens (tertiary/aromatic N) is 1. The first kappa shape index (κ1) is 16.8. The smallest absolute Gasteiger partial charge is 0.230 e. The Labute approximate surface area is 157 Å². The summed E-state index contributed by atoms with van der Waals surface area (Å²) in [6.07, 6.45) is 11.5. The molecule has 3 heteroatoms. The normalized spacial score (nSPS) is 28.7. The molecule has 1 aromatic rings. The van der Waals surface area contributed by atoms with Crippen molar-refractivity contribution in [1.82, 2.24) is 5.32 Å². The molecular formula is C23H32N2O. The number of carbonyl (C=O) groups excluding carboxylic acids is 1. The third kappa shape index (κ3) is 3.19. The average Bonchev–Trinajstić information content (AvgIpc) is 3.28. The van der Waals surface area contributed by atoms with E-state index >= 15 is 0 Å². The summed E-state index contributed by atoms with van der Waals surface area (Å²) in [4.78, 5) is 14.7. The Morgan fingerprint density at radius 3 is 2.73 bits per heavy atom. The molecule has 2 aliphatic heterocycles. The maximum atomic E-state index is 12.6. The van der Waals surface area contributed by atoms with Crippen molar-refractivity contribution in [3.63, 3.8) is 0 Å². The van der Waals surface area contributed by atoms with Crippen molar-refractivity contribution in [2.45, 2.75) is 63.7 Å². The minimum atomic E-state index is 0.309. The Bertz CT molecular complexity index is 675. The first-order valence-electron chi connectivity index (χ1n) is 10.9. The highest BCUT2D eigenvalue weighted by Gasteiger charge is 2.39. The third-order valence-corrected chi connectivity index (χ3v) is 7.47. The van der Waals surface area contributed by atoms with Gasteiger partial charge >= 0.3 is 0 Å². The summed E-state index contributed by atoms with van der Waals surface area (Å²) in [5, 5.41) is 3.47. The van der Waals surface area contributed by atoms with Crippen LogP contribution in [-0.2, 0) is 11.2 Å². The summed E-state index contributed by atoms with van der Waals surface area (Å²) < 4.78 is 0. The highest BCUT2D eigenvalue weighted by atomic mass is 16.2. The van der Waals surface area contributed by atoms with Crippen LogP contribution in [0.4, 0.5) is 5.69 Å². The van der Waals surface area contributed by atoms with Gasteiger partial charge in [0.05, 0.1) is 0 Å². The van der Waals surface area contributed by atoms with Crippen molar-refractivity contribution < 1.29 is 4.79 Å². The fourth-order valence-electron chi connectivity index (χ4n) is 5.35. The Morgan fingerprint density at radius 1 is 1.12 bits per heavy atom. The molecule has 3 nitrogen and oxygen atoms in total. The predicted molar refractivity (Wildman–Crippen MR) is 106 cm³/mol. The van der Waals surface area contributed by atoms with Gasteiger partial charge in [-0.25, -0.2) is 0 Å². The first-order valence-corrected chi connectivity index (χ1v) is 10.9. The minimum Gasteiger partial charge on any atom is -0.317 e. The van der Waals surface area contributed by atoms with Crippen LogP contribution < -0.4 is 10.2 Å². The molecule has 0 aromatic heterocycles. The van der Waals surface area contributed by atoms with Gasteiger partial charge in [0.15, 0.2) is 0 Å². The van der Waals surface area contributed by atoms with Crippen LogP contribution in [0, 0.1) is 17.8 Å². The predicted octanol–water partition coefficient (Wildman–Crippen LogP) is 4.26. The molecule has 26 heavy (non-hydrogen) atoms. The van der Waals surface area contributed by atoms with Gasteiger partial charge in [-0.3, -0.25) is 4.79 Å². The zero-order chi connectivity index (χ0) is 17.5. The largest absolute Gasteiger partial charge is 0.317 e. The maximum absolute atomic E-state index is 12.6. The molecule has 0 spiro atoms. The number of amides is 1. The van der Waals surface area contributed by atoms with Gasteiger partial charge in [-0.1, -0.05) is 25.0 Å². The van der Waals surface area contributed by atoms with Crippen LogP contribution in [0.25, 0.3) is 0 Å². The van der Waals surface area contributed by atoms with Crippen LogP contribution >= 0.6 is 0 Å². The summed E-state index contributed by atoms with van der Waals surface area (Å²) >= 11 is 0. The number of rotatable bonds is 5. The van der Waals surface area contributed by atoms with Crippen molar-refractivity contribution in [2.24, 2.45) is 17.8 Å². The lowest BCUT2D eigenvalue weighted by Gasteiger charge is -2.29. The molecule has 2 saturated carbocycles. The fraction of sp³-hybridized carbons (Fsp3) is 0.696. The maximum Gasteiger partial charge on any atom is 0.230 e. The molecule has 2 heterocycles. The van der Waals surface area contributed by atoms with E-state index in [0.29, 0.717) is 11.8 Å². The second-order valence-electron chi connectivity index (χ2n) is 9.13. The molecule has 2 unspecified atom stereocenters. The Balaban J connectivity index is 1.19. The molecule has 0 bridgehead atoms. The number of benzene rings is 1. The second kappa shape index (κ2) is 6.99. The summed E-state index contributed by atoms with van der Waals surface area (Å²) in [5.41, 5.74) is 4.16. The quantitative estimate of drug-likeness (QED) is 0.859. The van der Waals surface area contributed by atoms with E-state index in [-0.39, 0.29) is 0 Å². The van der Waals surface area contributed by atoms with Crippen molar-refractivity contribution in [3.05, 3.63) is 29.3 Å². The summed E-state index contributed by atoms with van der Waals surface area (Å²) in [7, 11) is 0. The number of anilines is 1. The van der Waals surface area contributed by atoms with Crippen LogP contribution in [0.2, 0.25) is 0 Å². The second-order valence-corrected chi connectivity index (χ2v) is 9.13. The van der Waals surface area contributed by atoms with E-state index in [4.69, 9.17) is 0 Å². The van der Waals surface area contributed by atoms with Gasteiger partial charge in [0.1, 0.15) is 0 Å². The monoisotopic (exact) mass is 352 g/mol. The zero-order valence-electron chi connectivity index (χ0n) is 15.9. The van der Waals surface area contributed by atoms with Gasteiger partial charge < -0.3 is 10.2 Å². The van der Waals surface area contributed by atoms with Gasteiger partial charge in [-0.05, 0) is 93.0 Å². The standard InChI is InChI=1S/C23H32N2O/c26-23(17-2-1-3-17)25-13-10-20-14-18(6-7-22(20)25)21-15-19(21)5-4-16-8-11-24-12-9-16/h6-7,14,16-17,19,21,24H,1-5,8-13,15H2. The van der Waals surface area contributed by atoms with Crippen molar-refractivity contribution in [1.29, 1.82) is 0 Å². The Hall–Kier alpha value is -1.35. The van der Waals surface area contributed by atoms with Gasteiger partial charge in [0, 0.05) is 18.2 Å². The molecule has 3 fully saturated rings. The van der Waals surface area contributed by atoms with Crippen LogP contribution in [-0.4, -0.2) is 25.5 Å². The van der Waals surface area contributed by atoms with E-state index in [1.807, 2.05) is 0 Å². The number of piperidine rings is 1. The van der Waals surface area contributed by atoms with Crippen molar-refractivity contribution >= 4 is 11.6 Å². The third-order valence-electron chi connectivity index (χ3n) is 7.47. The molecule has 1 N–H and O–H groups in total. The molecule has 1 amide bonds. The van der Waals surface area contributed by atoms with E-state index in [1.165, 1.54) is 68.4 Å². The van der Waals surface area contributed by atoms with E-state index in [0.717, 1.165) is 43.6 Å². The summed E-state index contributed by atoms with van der Waals surface area (Å²) in [6, 6.07) is 7.00. The minimum absolute atomic E-state index is 0.309. The highest BCUT2D eigenvalue weighted by Crippen LogP contribution is 2.51. The topological polar surface area (TPSA) is 32.3 Å². The summed E-state index contributed by atoms with van der Waals surface area (Å²) in [6.45, 7) is 3.34. The van der Waals surface area contributed by atoms with E-state index in [9.17, 15) is 4.79 Å². The molecule has 0 radical (unpaired) electrons. The first-order chi connectivity index (χ1) is 12.8. The Morgan fingerprint density at radius 2 is 1.96 bits per heavy atom. The van der Waals surface area contributed by atoms with E-state index in [1.54, 1.807) is 0 Å². The molecular weight excluding hydrogens is 320 g/mol. The molecule has 2 aliphatic carbocycles. The lowest BCUT2D eigenvalue weighted by molar-refractivity contribution is -0.124. The number of hydrogen-bond acceptors (Lipinski definition) is 2. The van der Waals surface area contributed by atoms with Crippen LogP contribution in [0.5, 0.6) is 0 Å². The van der Waals surface area contributed by atoms with Crippen LogP contribution in [0.3, 0.4) is 0 Å². The fourth-order valence-corrected chi connectivity index (χ4v) is 5.35.